The maximum absolute atomic E-state index is 9.03. The van der Waals surface area contributed by atoms with Gasteiger partial charge in [-0.25, -0.2) is 0 Å². The van der Waals surface area contributed by atoms with Crippen LogP contribution in [0.1, 0.15) is 33.6 Å². The first-order chi connectivity index (χ1) is 5.52. The van der Waals surface area contributed by atoms with Gasteiger partial charge >= 0.3 is 0 Å². The number of aliphatic hydroxyl groups is 1. The zero-order chi connectivity index (χ0) is 9.56. The fourth-order valence-corrected chi connectivity index (χ4v) is 1.68. The van der Waals surface area contributed by atoms with Crippen molar-refractivity contribution in [3.05, 3.63) is 21.3 Å². The fraction of sp³-hybridized carbons (Fsp3) is 0.600. The lowest BCUT2D eigenvalue weighted by molar-refractivity contribution is 0.243. The molecule has 0 spiro atoms. The number of allylic oxidation sites excluding steroid dienone is 3. The summed E-state index contributed by atoms with van der Waals surface area (Å²) in [5, 5.41) is 9.03. The Morgan fingerprint density at radius 3 is 2.50 bits per heavy atom. The maximum Gasteiger partial charge on any atom is 0.0702 e. The van der Waals surface area contributed by atoms with Gasteiger partial charge in [0.1, 0.15) is 0 Å². The molecular formula is C10H17IO. The van der Waals surface area contributed by atoms with Crippen LogP contribution in [0.3, 0.4) is 0 Å². The number of hydrogen-bond acceptors (Lipinski definition) is 1. The average Bonchev–Trinajstić information content (AvgIpc) is 1.84. The van der Waals surface area contributed by atoms with Crippen LogP contribution in [0.15, 0.2) is 21.3 Å². The van der Waals surface area contributed by atoms with Gasteiger partial charge in [0.05, 0.1) is 6.10 Å². The highest BCUT2D eigenvalue weighted by Crippen LogP contribution is 2.15. The van der Waals surface area contributed by atoms with Crippen LogP contribution in [0, 0.1) is 0 Å². The Labute approximate surface area is 88.7 Å². The van der Waals surface area contributed by atoms with Gasteiger partial charge in [-0.05, 0) is 65.9 Å². The van der Waals surface area contributed by atoms with Gasteiger partial charge in [-0.15, -0.1) is 0 Å². The summed E-state index contributed by atoms with van der Waals surface area (Å²) >= 11 is 2.28. The highest BCUT2D eigenvalue weighted by molar-refractivity contribution is 14.1. The van der Waals surface area contributed by atoms with Crippen molar-refractivity contribution in [3.63, 3.8) is 0 Å². The van der Waals surface area contributed by atoms with Crippen molar-refractivity contribution in [2.45, 2.75) is 39.7 Å². The number of hydrogen-bond donors (Lipinski definition) is 1. The van der Waals surface area contributed by atoms with Gasteiger partial charge in [0, 0.05) is 0 Å². The highest BCUT2D eigenvalue weighted by Gasteiger charge is 1.93. The highest BCUT2D eigenvalue weighted by atomic mass is 127. The smallest absolute Gasteiger partial charge is 0.0702 e. The Hall–Kier alpha value is 0.170. The molecule has 0 aliphatic carbocycles. The van der Waals surface area contributed by atoms with Crippen molar-refractivity contribution in [1.82, 2.24) is 0 Å². The minimum atomic E-state index is -0.316. The molecule has 0 aliphatic rings. The largest absolute Gasteiger partial charge is 0.389 e. The summed E-state index contributed by atoms with van der Waals surface area (Å²) in [5.74, 6) is 0. The van der Waals surface area contributed by atoms with E-state index < -0.39 is 0 Å². The van der Waals surface area contributed by atoms with Crippen LogP contribution >= 0.6 is 22.6 Å². The van der Waals surface area contributed by atoms with Gasteiger partial charge in [-0.2, -0.15) is 0 Å². The molecule has 0 aromatic rings. The molecule has 0 heterocycles. The van der Waals surface area contributed by atoms with Crippen molar-refractivity contribution in [1.29, 1.82) is 0 Å². The van der Waals surface area contributed by atoms with E-state index in [2.05, 4.69) is 42.5 Å². The van der Waals surface area contributed by atoms with Crippen LogP contribution in [-0.4, -0.2) is 11.2 Å². The van der Waals surface area contributed by atoms with E-state index in [-0.39, 0.29) is 6.10 Å². The molecule has 1 atom stereocenters. The third-order valence-corrected chi connectivity index (χ3v) is 2.26. The minimum absolute atomic E-state index is 0.316. The summed E-state index contributed by atoms with van der Waals surface area (Å²) in [6.45, 7) is 5.98. The van der Waals surface area contributed by atoms with Gasteiger partial charge < -0.3 is 5.11 Å². The van der Waals surface area contributed by atoms with Gasteiger partial charge in [0.2, 0.25) is 0 Å². The normalized spacial score (nSPS) is 14.2. The standard InChI is InChI=1S/C10H17IO/c1-8(2)5-4-6-10(11)7-9(3)12/h5,7,9,12H,4,6H2,1-3H3/b10-7-/t9-/m1/s1. The fourth-order valence-electron chi connectivity index (χ4n) is 0.844. The zero-order valence-corrected chi connectivity index (χ0v) is 10.1. The molecule has 0 radical (unpaired) electrons. The summed E-state index contributed by atoms with van der Waals surface area (Å²) in [4.78, 5) is 0. The molecule has 70 valence electrons. The third kappa shape index (κ3) is 8.27. The minimum Gasteiger partial charge on any atom is -0.389 e. The molecule has 12 heavy (non-hydrogen) atoms. The van der Waals surface area contributed by atoms with Crippen molar-refractivity contribution in [2.24, 2.45) is 0 Å². The van der Waals surface area contributed by atoms with Gasteiger partial charge in [-0.1, -0.05) is 11.6 Å². The van der Waals surface area contributed by atoms with Crippen molar-refractivity contribution in [3.8, 4) is 0 Å². The lowest BCUT2D eigenvalue weighted by Crippen LogP contribution is -1.93. The van der Waals surface area contributed by atoms with Crippen LogP contribution in [-0.2, 0) is 0 Å². The average molecular weight is 280 g/mol. The molecule has 0 saturated carbocycles. The molecule has 0 aromatic heterocycles. The maximum atomic E-state index is 9.03. The lowest BCUT2D eigenvalue weighted by atomic mass is 10.2. The Kier molecular flexibility index (Phi) is 6.76. The van der Waals surface area contributed by atoms with Gasteiger partial charge in [-0.3, -0.25) is 0 Å². The first-order valence-corrected chi connectivity index (χ1v) is 5.28. The van der Waals surface area contributed by atoms with Gasteiger partial charge in [0.25, 0.3) is 0 Å². The number of rotatable bonds is 4. The van der Waals surface area contributed by atoms with E-state index in [1.807, 2.05) is 6.08 Å². The molecule has 0 aliphatic heterocycles. The first-order valence-electron chi connectivity index (χ1n) is 4.20. The van der Waals surface area contributed by atoms with Crippen molar-refractivity contribution in [2.75, 3.05) is 0 Å². The van der Waals surface area contributed by atoms with E-state index in [0.717, 1.165) is 12.8 Å². The Bertz CT molecular complexity index is 176. The summed E-state index contributed by atoms with van der Waals surface area (Å²) < 4.78 is 1.24. The second-order valence-corrected chi connectivity index (χ2v) is 4.56. The number of halogens is 1. The van der Waals surface area contributed by atoms with E-state index in [4.69, 9.17) is 5.11 Å². The van der Waals surface area contributed by atoms with Crippen LogP contribution in [0.2, 0.25) is 0 Å². The molecule has 0 amide bonds. The third-order valence-electron chi connectivity index (χ3n) is 1.36. The SMILES string of the molecule is CC(C)=CCC/C(I)=C/[C@@H](C)O. The van der Waals surface area contributed by atoms with Crippen LogP contribution in [0.4, 0.5) is 0 Å². The Morgan fingerprint density at radius 2 is 2.08 bits per heavy atom. The molecular weight excluding hydrogens is 263 g/mol. The topological polar surface area (TPSA) is 20.2 Å². The van der Waals surface area contributed by atoms with Crippen LogP contribution in [0.5, 0.6) is 0 Å². The second kappa shape index (κ2) is 6.66. The number of aliphatic hydroxyl groups excluding tert-OH is 1. The monoisotopic (exact) mass is 280 g/mol. The second-order valence-electron chi connectivity index (χ2n) is 3.17. The van der Waals surface area contributed by atoms with Gasteiger partial charge in [0.15, 0.2) is 0 Å². The van der Waals surface area contributed by atoms with E-state index in [9.17, 15) is 0 Å². The Morgan fingerprint density at radius 1 is 1.50 bits per heavy atom. The van der Waals surface area contributed by atoms with E-state index in [1.165, 1.54) is 9.15 Å². The predicted octanol–water partition coefficient (Wildman–Crippen LogP) is 3.43. The zero-order valence-electron chi connectivity index (χ0n) is 7.97. The predicted molar refractivity (Wildman–Crippen MR) is 62.4 cm³/mol. The molecule has 0 aromatic carbocycles. The summed E-state index contributed by atoms with van der Waals surface area (Å²) in [5.41, 5.74) is 1.36. The molecule has 0 saturated heterocycles. The van der Waals surface area contributed by atoms with Crippen molar-refractivity contribution < 1.29 is 5.11 Å². The summed E-state index contributed by atoms with van der Waals surface area (Å²) in [6.07, 6.45) is 5.90. The molecule has 0 fully saturated rings. The molecule has 0 bridgehead atoms. The molecule has 0 unspecified atom stereocenters. The van der Waals surface area contributed by atoms with E-state index >= 15 is 0 Å². The van der Waals surface area contributed by atoms with Crippen LogP contribution in [0.25, 0.3) is 0 Å². The van der Waals surface area contributed by atoms with Crippen molar-refractivity contribution >= 4 is 22.6 Å². The molecule has 1 nitrogen and oxygen atoms in total. The summed E-state index contributed by atoms with van der Waals surface area (Å²) in [6, 6.07) is 0. The van der Waals surface area contributed by atoms with Crippen LogP contribution < -0.4 is 0 Å². The van der Waals surface area contributed by atoms with E-state index in [0.29, 0.717) is 0 Å². The molecule has 0 rings (SSSR count). The Balaban J connectivity index is 3.71. The quantitative estimate of drug-likeness (QED) is 0.618. The van der Waals surface area contributed by atoms with E-state index in [1.54, 1.807) is 6.92 Å². The summed E-state index contributed by atoms with van der Waals surface area (Å²) in [7, 11) is 0. The molecule has 2 heteroatoms. The lowest BCUT2D eigenvalue weighted by Gasteiger charge is -1.99. The molecule has 1 N–H and O–H groups in total. The first kappa shape index (κ1) is 12.2.